The summed E-state index contributed by atoms with van der Waals surface area (Å²) < 4.78 is 43.7. The van der Waals surface area contributed by atoms with Crippen LogP contribution >= 0.6 is 0 Å². The van der Waals surface area contributed by atoms with Gasteiger partial charge in [0.05, 0.1) is 24.5 Å². The van der Waals surface area contributed by atoms with Crippen molar-refractivity contribution in [2.75, 3.05) is 26.3 Å². The van der Waals surface area contributed by atoms with Crippen molar-refractivity contribution in [2.24, 2.45) is 4.99 Å². The Morgan fingerprint density at radius 2 is 1.84 bits per heavy atom. The molecule has 1 aromatic carbocycles. The minimum absolute atomic E-state index is 0.0426. The van der Waals surface area contributed by atoms with Crippen LogP contribution in [0.2, 0.25) is 0 Å². The van der Waals surface area contributed by atoms with Crippen LogP contribution in [0.15, 0.2) is 29.3 Å². The van der Waals surface area contributed by atoms with E-state index in [0.717, 1.165) is 6.07 Å². The number of benzene rings is 1. The van der Waals surface area contributed by atoms with E-state index in [-0.39, 0.29) is 5.69 Å². The Kier molecular flexibility index (Phi) is 4.09. The van der Waals surface area contributed by atoms with Crippen molar-refractivity contribution in [1.82, 2.24) is 4.90 Å². The van der Waals surface area contributed by atoms with Crippen LogP contribution in [0.4, 0.5) is 18.9 Å². The van der Waals surface area contributed by atoms with Crippen molar-refractivity contribution < 1.29 is 17.9 Å². The van der Waals surface area contributed by atoms with Gasteiger partial charge >= 0.3 is 6.18 Å². The SMILES string of the molecule is CC(=Nc1ccccc1C(F)(F)F)N1CCOCC1. The minimum atomic E-state index is -4.38. The van der Waals surface area contributed by atoms with E-state index in [2.05, 4.69) is 4.99 Å². The minimum Gasteiger partial charge on any atom is -0.378 e. The van der Waals surface area contributed by atoms with E-state index >= 15 is 0 Å². The maximum Gasteiger partial charge on any atom is 0.418 e. The van der Waals surface area contributed by atoms with Crippen LogP contribution < -0.4 is 0 Å². The van der Waals surface area contributed by atoms with Gasteiger partial charge in [-0.2, -0.15) is 13.2 Å². The second-order valence-corrected chi connectivity index (χ2v) is 4.27. The molecule has 19 heavy (non-hydrogen) atoms. The monoisotopic (exact) mass is 272 g/mol. The molecule has 0 N–H and O–H groups in total. The summed E-state index contributed by atoms with van der Waals surface area (Å²) in [5.41, 5.74) is -0.749. The lowest BCUT2D eigenvalue weighted by Gasteiger charge is -2.28. The molecule has 6 heteroatoms. The molecule has 0 aliphatic carbocycles. The van der Waals surface area contributed by atoms with Crippen LogP contribution in [-0.4, -0.2) is 37.0 Å². The molecule has 3 nitrogen and oxygen atoms in total. The molecule has 0 amide bonds. The first-order valence-corrected chi connectivity index (χ1v) is 6.02. The smallest absolute Gasteiger partial charge is 0.378 e. The Bertz CT molecular complexity index is 465. The molecule has 1 aliphatic heterocycles. The van der Waals surface area contributed by atoms with E-state index in [1.807, 2.05) is 4.90 Å². The normalized spacial score (nSPS) is 17.7. The number of halogens is 3. The van der Waals surface area contributed by atoms with Gasteiger partial charge in [0, 0.05) is 13.1 Å². The third-order valence-corrected chi connectivity index (χ3v) is 2.96. The summed E-state index contributed by atoms with van der Waals surface area (Å²) in [4.78, 5) is 6.04. The molecule has 0 aromatic heterocycles. The summed E-state index contributed by atoms with van der Waals surface area (Å²) in [6.45, 7) is 4.19. The van der Waals surface area contributed by atoms with Gasteiger partial charge in [0.25, 0.3) is 0 Å². The van der Waals surface area contributed by atoms with Gasteiger partial charge in [-0.15, -0.1) is 0 Å². The Morgan fingerprint density at radius 1 is 1.21 bits per heavy atom. The fourth-order valence-electron chi connectivity index (χ4n) is 1.94. The summed E-state index contributed by atoms with van der Waals surface area (Å²) >= 11 is 0. The van der Waals surface area contributed by atoms with Crippen molar-refractivity contribution in [3.63, 3.8) is 0 Å². The average Bonchev–Trinajstić information content (AvgIpc) is 2.39. The first-order chi connectivity index (χ1) is 8.98. The number of rotatable bonds is 1. The van der Waals surface area contributed by atoms with Gasteiger partial charge in [0.2, 0.25) is 0 Å². The Labute approximate surface area is 109 Å². The number of aliphatic imine (C=N–C) groups is 1. The molecule has 1 aromatic rings. The summed E-state index contributed by atoms with van der Waals surface area (Å²) in [5, 5.41) is 0. The van der Waals surface area contributed by atoms with Crippen molar-refractivity contribution in [2.45, 2.75) is 13.1 Å². The topological polar surface area (TPSA) is 24.8 Å². The van der Waals surface area contributed by atoms with Crippen molar-refractivity contribution in [3.8, 4) is 0 Å². The summed E-state index contributed by atoms with van der Waals surface area (Å²) in [5.74, 6) is 0.583. The van der Waals surface area contributed by atoms with E-state index in [1.165, 1.54) is 12.1 Å². The van der Waals surface area contributed by atoms with E-state index in [9.17, 15) is 13.2 Å². The summed E-state index contributed by atoms with van der Waals surface area (Å²) in [7, 11) is 0. The quantitative estimate of drug-likeness (QED) is 0.579. The summed E-state index contributed by atoms with van der Waals surface area (Å²) in [6.07, 6.45) is -4.38. The fourth-order valence-corrected chi connectivity index (χ4v) is 1.94. The number of ether oxygens (including phenoxy) is 1. The highest BCUT2D eigenvalue weighted by Crippen LogP contribution is 2.36. The molecule has 0 spiro atoms. The lowest BCUT2D eigenvalue weighted by molar-refractivity contribution is -0.137. The zero-order valence-corrected chi connectivity index (χ0v) is 10.6. The van der Waals surface area contributed by atoms with Gasteiger partial charge < -0.3 is 9.64 Å². The highest BCUT2D eigenvalue weighted by molar-refractivity contribution is 5.83. The lowest BCUT2D eigenvalue weighted by atomic mass is 10.2. The molecule has 0 atom stereocenters. The van der Waals surface area contributed by atoms with E-state index in [4.69, 9.17) is 4.74 Å². The maximum atomic E-state index is 12.8. The highest BCUT2D eigenvalue weighted by atomic mass is 19.4. The lowest BCUT2D eigenvalue weighted by Crippen LogP contribution is -2.39. The molecule has 104 valence electrons. The predicted octanol–water partition coefficient (Wildman–Crippen LogP) is 3.09. The second-order valence-electron chi connectivity index (χ2n) is 4.27. The molecule has 0 bridgehead atoms. The number of amidine groups is 1. The zero-order chi connectivity index (χ0) is 13.9. The van der Waals surface area contributed by atoms with Crippen LogP contribution in [0, 0.1) is 0 Å². The van der Waals surface area contributed by atoms with Gasteiger partial charge in [-0.1, -0.05) is 12.1 Å². The van der Waals surface area contributed by atoms with E-state index in [0.29, 0.717) is 32.1 Å². The van der Waals surface area contributed by atoms with Crippen LogP contribution in [0.5, 0.6) is 0 Å². The largest absolute Gasteiger partial charge is 0.418 e. The Morgan fingerprint density at radius 3 is 2.47 bits per heavy atom. The van der Waals surface area contributed by atoms with Crippen LogP contribution in [0.1, 0.15) is 12.5 Å². The third-order valence-electron chi connectivity index (χ3n) is 2.96. The van der Waals surface area contributed by atoms with Crippen LogP contribution in [0.25, 0.3) is 0 Å². The predicted molar refractivity (Wildman–Crippen MR) is 66.6 cm³/mol. The molecule has 0 radical (unpaired) electrons. The average molecular weight is 272 g/mol. The van der Waals surface area contributed by atoms with Crippen molar-refractivity contribution >= 4 is 11.5 Å². The highest BCUT2D eigenvalue weighted by Gasteiger charge is 2.33. The molecule has 0 unspecified atom stereocenters. The first kappa shape index (κ1) is 13.9. The number of hydrogen-bond donors (Lipinski definition) is 0. The van der Waals surface area contributed by atoms with Crippen LogP contribution in [0.3, 0.4) is 0 Å². The van der Waals surface area contributed by atoms with Crippen LogP contribution in [-0.2, 0) is 10.9 Å². The van der Waals surface area contributed by atoms with E-state index < -0.39 is 11.7 Å². The molecule has 2 rings (SSSR count). The number of para-hydroxylation sites is 1. The van der Waals surface area contributed by atoms with Gasteiger partial charge in [0.15, 0.2) is 0 Å². The molecular formula is C13H15F3N2O. The number of morpholine rings is 1. The number of hydrogen-bond acceptors (Lipinski definition) is 2. The Hall–Kier alpha value is -1.56. The van der Waals surface area contributed by atoms with Crippen molar-refractivity contribution in [1.29, 1.82) is 0 Å². The molecule has 0 saturated carbocycles. The summed E-state index contributed by atoms with van der Waals surface area (Å²) in [6, 6.07) is 5.35. The zero-order valence-electron chi connectivity index (χ0n) is 10.6. The molecule has 1 aliphatic rings. The first-order valence-electron chi connectivity index (χ1n) is 6.02. The molecular weight excluding hydrogens is 257 g/mol. The molecule has 1 saturated heterocycles. The standard InChI is InChI=1S/C13H15F3N2O/c1-10(18-6-8-19-9-7-18)17-12-5-3-2-4-11(12)13(14,15)16/h2-5H,6-9H2,1H3. The fraction of sp³-hybridized carbons (Fsp3) is 0.462. The molecule has 1 fully saturated rings. The number of alkyl halides is 3. The van der Waals surface area contributed by atoms with E-state index in [1.54, 1.807) is 13.0 Å². The van der Waals surface area contributed by atoms with Gasteiger partial charge in [0.1, 0.15) is 5.84 Å². The van der Waals surface area contributed by atoms with Crippen molar-refractivity contribution in [3.05, 3.63) is 29.8 Å². The maximum absolute atomic E-state index is 12.8. The third kappa shape index (κ3) is 3.47. The molecule has 1 heterocycles. The van der Waals surface area contributed by atoms with Gasteiger partial charge in [-0.25, -0.2) is 4.99 Å². The number of nitrogens with zero attached hydrogens (tertiary/aromatic N) is 2. The van der Waals surface area contributed by atoms with Gasteiger partial charge in [-0.05, 0) is 19.1 Å². The second kappa shape index (κ2) is 5.61. The van der Waals surface area contributed by atoms with Gasteiger partial charge in [-0.3, -0.25) is 0 Å². The Balaban J connectivity index is 2.26.